The second-order valence-electron chi connectivity index (χ2n) is 2.76. The van der Waals surface area contributed by atoms with Gasteiger partial charge in [-0.25, -0.2) is 9.97 Å². The van der Waals surface area contributed by atoms with Gasteiger partial charge in [-0.3, -0.25) is 0 Å². The van der Waals surface area contributed by atoms with Gasteiger partial charge in [0.15, 0.2) is 5.58 Å². The van der Waals surface area contributed by atoms with Gasteiger partial charge in [-0.15, -0.1) is 0 Å². The van der Waals surface area contributed by atoms with Crippen LogP contribution in [-0.2, 0) is 0 Å². The van der Waals surface area contributed by atoms with Gasteiger partial charge in [0.05, 0.1) is 0 Å². The van der Waals surface area contributed by atoms with Crippen LogP contribution in [0.5, 0.6) is 0 Å². The first-order valence-corrected chi connectivity index (χ1v) is 3.95. The lowest BCUT2D eigenvalue weighted by atomic mass is 10.2. The third-order valence-corrected chi connectivity index (χ3v) is 1.98. The van der Waals surface area contributed by atoms with E-state index < -0.39 is 0 Å². The number of fused-ring (bicyclic) bond motifs is 3. The van der Waals surface area contributed by atoms with Crippen molar-refractivity contribution in [1.82, 2.24) is 9.97 Å². The summed E-state index contributed by atoms with van der Waals surface area (Å²) in [7, 11) is 0. The Morgan fingerprint density at radius 2 is 2.15 bits per heavy atom. The molecule has 0 unspecified atom stereocenters. The number of hydrogen-bond donors (Lipinski definition) is 0. The first-order chi connectivity index (χ1) is 6.45. The molecule has 1 radical (unpaired) electrons. The molecule has 0 N–H and O–H groups in total. The first-order valence-electron chi connectivity index (χ1n) is 3.95. The van der Waals surface area contributed by atoms with Crippen molar-refractivity contribution in [3.05, 3.63) is 36.8 Å². The van der Waals surface area contributed by atoms with E-state index in [1.165, 1.54) is 6.33 Å². The Morgan fingerprint density at radius 1 is 1.23 bits per heavy atom. The molecule has 0 aliphatic heterocycles. The number of rotatable bonds is 0. The van der Waals surface area contributed by atoms with Crippen molar-refractivity contribution in [3.63, 3.8) is 0 Å². The summed E-state index contributed by atoms with van der Waals surface area (Å²) < 4.78 is 5.47. The smallest absolute Gasteiger partial charge is 0.181 e. The minimum absolute atomic E-state index is 0.615. The molecule has 0 spiro atoms. The molecule has 13 heavy (non-hydrogen) atoms. The van der Waals surface area contributed by atoms with Crippen molar-refractivity contribution >= 4 is 22.1 Å². The molecule has 3 heteroatoms. The Hall–Kier alpha value is -1.90. The summed E-state index contributed by atoms with van der Waals surface area (Å²) in [6.07, 6.45) is 4.24. The van der Waals surface area contributed by atoms with Crippen LogP contribution in [0.1, 0.15) is 0 Å². The van der Waals surface area contributed by atoms with Gasteiger partial charge in [-0.2, -0.15) is 0 Å². The minimum atomic E-state index is 0.615. The van der Waals surface area contributed by atoms with Crippen LogP contribution in [0.25, 0.3) is 22.1 Å². The summed E-state index contributed by atoms with van der Waals surface area (Å²) in [5, 5.41) is 1.01. The standard InChI is InChI=1S/C10H5N2O/c1-2-4-8-7(3-1)10-9(13-8)5-11-6-12-10/h1-4,6H. The summed E-state index contributed by atoms with van der Waals surface area (Å²) in [6.45, 7) is 0. The Morgan fingerprint density at radius 3 is 3.15 bits per heavy atom. The van der Waals surface area contributed by atoms with Crippen molar-refractivity contribution < 1.29 is 4.42 Å². The van der Waals surface area contributed by atoms with Crippen LogP contribution >= 0.6 is 0 Å². The van der Waals surface area contributed by atoms with Crippen LogP contribution in [0.15, 0.2) is 35.0 Å². The maximum Gasteiger partial charge on any atom is 0.181 e. The number of benzene rings is 1. The third-order valence-electron chi connectivity index (χ3n) is 1.98. The van der Waals surface area contributed by atoms with Gasteiger partial charge in [-0.1, -0.05) is 12.1 Å². The van der Waals surface area contributed by atoms with E-state index in [0.717, 1.165) is 16.5 Å². The summed E-state index contributed by atoms with van der Waals surface area (Å²) in [5.74, 6) is 0. The predicted molar refractivity (Wildman–Crippen MR) is 48.1 cm³/mol. The fourth-order valence-corrected chi connectivity index (χ4v) is 1.41. The van der Waals surface area contributed by atoms with Crippen molar-refractivity contribution in [2.75, 3.05) is 0 Å². The molecule has 3 nitrogen and oxygen atoms in total. The lowest BCUT2D eigenvalue weighted by Gasteiger charge is -1.83. The summed E-state index contributed by atoms with van der Waals surface area (Å²) in [4.78, 5) is 7.91. The maximum atomic E-state index is 5.47. The quantitative estimate of drug-likeness (QED) is 0.517. The summed E-state index contributed by atoms with van der Waals surface area (Å²) in [6, 6.07) is 7.77. The van der Waals surface area contributed by atoms with Gasteiger partial charge in [0.1, 0.15) is 23.6 Å². The SMILES string of the molecule is [c]1ncnc2c1oc1ccccc12. The second kappa shape index (κ2) is 2.29. The Labute approximate surface area is 74.0 Å². The zero-order valence-electron chi connectivity index (χ0n) is 6.69. The molecule has 0 saturated heterocycles. The van der Waals surface area contributed by atoms with Crippen LogP contribution in [0.4, 0.5) is 0 Å². The van der Waals surface area contributed by atoms with E-state index in [0.29, 0.717) is 5.58 Å². The van der Waals surface area contributed by atoms with Crippen LogP contribution in [0.3, 0.4) is 0 Å². The molecule has 1 aromatic carbocycles. The molecule has 0 aliphatic rings. The molecule has 0 atom stereocenters. The molecule has 3 aromatic rings. The highest BCUT2D eigenvalue weighted by molar-refractivity contribution is 6.01. The zero-order valence-corrected chi connectivity index (χ0v) is 6.69. The zero-order chi connectivity index (χ0) is 8.67. The highest BCUT2D eigenvalue weighted by Gasteiger charge is 2.05. The van der Waals surface area contributed by atoms with Crippen molar-refractivity contribution in [1.29, 1.82) is 0 Å². The highest BCUT2D eigenvalue weighted by atomic mass is 16.3. The van der Waals surface area contributed by atoms with Crippen LogP contribution in [0, 0.1) is 6.20 Å². The van der Waals surface area contributed by atoms with E-state index in [1.807, 2.05) is 24.3 Å². The molecule has 0 saturated carbocycles. The van der Waals surface area contributed by atoms with Gasteiger partial charge < -0.3 is 4.42 Å². The van der Waals surface area contributed by atoms with Crippen LogP contribution in [-0.4, -0.2) is 9.97 Å². The van der Waals surface area contributed by atoms with E-state index in [2.05, 4.69) is 16.2 Å². The summed E-state index contributed by atoms with van der Waals surface area (Å²) >= 11 is 0. The average molecular weight is 169 g/mol. The van der Waals surface area contributed by atoms with Gasteiger partial charge in [-0.05, 0) is 12.1 Å². The molecule has 2 heterocycles. The van der Waals surface area contributed by atoms with Crippen LogP contribution < -0.4 is 0 Å². The topological polar surface area (TPSA) is 38.9 Å². The normalized spacial score (nSPS) is 11.1. The van der Waals surface area contributed by atoms with Crippen molar-refractivity contribution in [2.45, 2.75) is 0 Å². The van der Waals surface area contributed by atoms with E-state index in [9.17, 15) is 0 Å². The number of nitrogens with zero attached hydrogens (tertiary/aromatic N) is 2. The maximum absolute atomic E-state index is 5.47. The number of aromatic nitrogens is 2. The van der Waals surface area contributed by atoms with Crippen molar-refractivity contribution in [3.8, 4) is 0 Å². The fourth-order valence-electron chi connectivity index (χ4n) is 1.41. The lowest BCUT2D eigenvalue weighted by Crippen LogP contribution is -1.75. The number of furan rings is 1. The molecule has 0 fully saturated rings. The van der Waals surface area contributed by atoms with E-state index in [1.54, 1.807) is 0 Å². The first kappa shape index (κ1) is 6.60. The Bertz CT molecular complexity index is 521. The van der Waals surface area contributed by atoms with Crippen molar-refractivity contribution in [2.24, 2.45) is 0 Å². The van der Waals surface area contributed by atoms with Gasteiger partial charge in [0.2, 0.25) is 0 Å². The van der Waals surface area contributed by atoms with Crippen LogP contribution in [0.2, 0.25) is 0 Å². The monoisotopic (exact) mass is 169 g/mol. The molecular formula is C10H5N2O. The predicted octanol–water partition coefficient (Wildman–Crippen LogP) is 2.18. The van der Waals surface area contributed by atoms with Gasteiger partial charge in [0, 0.05) is 5.39 Å². The molecule has 61 valence electrons. The molecule has 0 amide bonds. The molecule has 0 aliphatic carbocycles. The third kappa shape index (κ3) is 0.839. The van der Waals surface area contributed by atoms with Gasteiger partial charge >= 0.3 is 0 Å². The molecule has 3 rings (SSSR count). The molecule has 0 bridgehead atoms. The van der Waals surface area contributed by atoms with E-state index in [4.69, 9.17) is 4.42 Å². The molecule has 2 aromatic heterocycles. The average Bonchev–Trinajstić information content (AvgIpc) is 2.56. The highest BCUT2D eigenvalue weighted by Crippen LogP contribution is 2.24. The van der Waals surface area contributed by atoms with Gasteiger partial charge in [0.25, 0.3) is 0 Å². The fraction of sp³-hybridized carbons (Fsp3) is 0. The molecular weight excluding hydrogens is 164 g/mol. The summed E-state index contributed by atoms with van der Waals surface area (Å²) in [5.41, 5.74) is 2.27. The largest absolute Gasteiger partial charge is 0.452 e. The minimum Gasteiger partial charge on any atom is -0.452 e. The Kier molecular flexibility index (Phi) is 1.16. The lowest BCUT2D eigenvalue weighted by molar-refractivity contribution is 0.664. The van der Waals surface area contributed by atoms with E-state index in [-0.39, 0.29) is 0 Å². The van der Waals surface area contributed by atoms with E-state index >= 15 is 0 Å². The number of hydrogen-bond acceptors (Lipinski definition) is 3. The second-order valence-corrected chi connectivity index (χ2v) is 2.76. The Balaban J connectivity index is 2.64. The number of para-hydroxylation sites is 1.